The lowest BCUT2D eigenvalue weighted by Crippen LogP contribution is -2.00. The first-order chi connectivity index (χ1) is 11.6. The van der Waals surface area contributed by atoms with Crippen LogP contribution in [0.2, 0.25) is 0 Å². The monoisotopic (exact) mass is 321 g/mol. The van der Waals surface area contributed by atoms with Crippen molar-refractivity contribution in [2.24, 2.45) is 0 Å². The van der Waals surface area contributed by atoms with E-state index in [1.54, 1.807) is 37.3 Å². The van der Waals surface area contributed by atoms with Crippen molar-refractivity contribution in [3.05, 3.63) is 77.6 Å². The van der Waals surface area contributed by atoms with E-state index >= 15 is 0 Å². The summed E-state index contributed by atoms with van der Waals surface area (Å²) in [6, 6.07) is 12.9. The third-order valence-electron chi connectivity index (χ3n) is 3.62. The lowest BCUT2D eigenvalue weighted by Gasteiger charge is -2.12. The van der Waals surface area contributed by atoms with Crippen LogP contribution in [0, 0.1) is 29.9 Å². The average molecular weight is 321 g/mol. The van der Waals surface area contributed by atoms with Gasteiger partial charge in [-0.25, -0.2) is 8.78 Å². The highest BCUT2D eigenvalue weighted by atomic mass is 19.1. The second kappa shape index (κ2) is 6.47. The van der Waals surface area contributed by atoms with Crippen molar-refractivity contribution >= 4 is 11.4 Å². The van der Waals surface area contributed by atoms with E-state index in [4.69, 9.17) is 0 Å². The number of anilines is 2. The van der Waals surface area contributed by atoms with Gasteiger partial charge in [0.2, 0.25) is 0 Å². The lowest BCUT2D eigenvalue weighted by molar-refractivity contribution is 0.630. The van der Waals surface area contributed by atoms with Gasteiger partial charge in [0.25, 0.3) is 0 Å². The summed E-state index contributed by atoms with van der Waals surface area (Å²) in [5, 5.41) is 12.4. The van der Waals surface area contributed by atoms with Gasteiger partial charge in [-0.3, -0.25) is 4.98 Å². The molecule has 0 bridgehead atoms. The zero-order valence-corrected chi connectivity index (χ0v) is 12.8. The Morgan fingerprint density at radius 3 is 2.46 bits per heavy atom. The summed E-state index contributed by atoms with van der Waals surface area (Å²) >= 11 is 0. The van der Waals surface area contributed by atoms with Gasteiger partial charge in [-0.2, -0.15) is 5.26 Å². The number of benzene rings is 2. The second-order valence-corrected chi connectivity index (χ2v) is 5.31. The van der Waals surface area contributed by atoms with Crippen molar-refractivity contribution in [2.75, 3.05) is 5.32 Å². The van der Waals surface area contributed by atoms with Crippen LogP contribution < -0.4 is 5.32 Å². The van der Waals surface area contributed by atoms with Crippen LogP contribution in [0.3, 0.4) is 0 Å². The molecule has 1 N–H and O–H groups in total. The van der Waals surface area contributed by atoms with Crippen LogP contribution in [0.15, 0.2) is 54.9 Å². The maximum Gasteiger partial charge on any atom is 0.146 e. The fraction of sp³-hybridized carbons (Fsp3) is 0.0526. The van der Waals surface area contributed by atoms with Gasteiger partial charge in [-0.15, -0.1) is 0 Å². The van der Waals surface area contributed by atoms with E-state index in [2.05, 4.69) is 10.3 Å². The molecule has 0 radical (unpaired) electrons. The number of pyridine rings is 1. The van der Waals surface area contributed by atoms with E-state index in [-0.39, 0.29) is 16.8 Å². The molecule has 0 fully saturated rings. The molecule has 0 spiro atoms. The van der Waals surface area contributed by atoms with Crippen LogP contribution in [0.5, 0.6) is 0 Å². The Balaban J connectivity index is 2.09. The molecule has 3 nitrogen and oxygen atoms in total. The molecular weight excluding hydrogens is 308 g/mol. The van der Waals surface area contributed by atoms with E-state index in [1.165, 1.54) is 24.5 Å². The van der Waals surface area contributed by atoms with Crippen molar-refractivity contribution in [1.29, 1.82) is 5.26 Å². The summed E-state index contributed by atoms with van der Waals surface area (Å²) in [7, 11) is 0. The summed E-state index contributed by atoms with van der Waals surface area (Å²) in [4.78, 5) is 4.05. The van der Waals surface area contributed by atoms with Crippen LogP contribution in [-0.4, -0.2) is 4.98 Å². The molecule has 0 aliphatic carbocycles. The molecule has 0 amide bonds. The lowest BCUT2D eigenvalue weighted by atomic mass is 10.0. The highest BCUT2D eigenvalue weighted by molar-refractivity contribution is 5.79. The zero-order chi connectivity index (χ0) is 17.1. The summed E-state index contributed by atoms with van der Waals surface area (Å²) in [5.41, 5.74) is 2.17. The number of nitrogens with one attached hydrogen (secondary N) is 1. The van der Waals surface area contributed by atoms with Crippen LogP contribution in [0.25, 0.3) is 11.1 Å². The standard InChI is InChI=1S/C19H13F2N3/c1-12-6-7-18(17(21)8-12)24-19-11-23-10-15(14(19)9-22)13-4-2-3-5-16(13)20/h2-8,10-11,24H,1H3. The number of rotatable bonds is 3. The van der Waals surface area contributed by atoms with E-state index < -0.39 is 11.6 Å². The Bertz CT molecular complexity index is 946. The maximum absolute atomic E-state index is 14.0. The third-order valence-corrected chi connectivity index (χ3v) is 3.62. The van der Waals surface area contributed by atoms with Gasteiger partial charge >= 0.3 is 0 Å². The number of hydrogen-bond acceptors (Lipinski definition) is 3. The molecule has 0 aliphatic rings. The largest absolute Gasteiger partial charge is 0.351 e. The molecule has 3 aromatic rings. The van der Waals surface area contributed by atoms with E-state index in [0.717, 1.165) is 5.56 Å². The molecule has 3 rings (SSSR count). The normalized spacial score (nSPS) is 10.2. The Kier molecular flexibility index (Phi) is 4.21. The molecule has 24 heavy (non-hydrogen) atoms. The van der Waals surface area contributed by atoms with Crippen molar-refractivity contribution < 1.29 is 8.78 Å². The first-order valence-electron chi connectivity index (χ1n) is 7.26. The van der Waals surface area contributed by atoms with Crippen molar-refractivity contribution in [3.8, 4) is 17.2 Å². The smallest absolute Gasteiger partial charge is 0.146 e. The number of nitriles is 1. The molecule has 0 unspecified atom stereocenters. The predicted octanol–water partition coefficient (Wildman–Crippen LogP) is 4.95. The molecule has 0 saturated heterocycles. The molecular formula is C19H13F2N3. The fourth-order valence-electron chi connectivity index (χ4n) is 2.43. The third kappa shape index (κ3) is 2.95. The molecule has 0 aliphatic heterocycles. The molecule has 2 aromatic carbocycles. The zero-order valence-electron chi connectivity index (χ0n) is 12.8. The molecule has 0 atom stereocenters. The first kappa shape index (κ1) is 15.6. The number of halogens is 2. The minimum absolute atomic E-state index is 0.204. The van der Waals surface area contributed by atoms with Gasteiger partial charge in [0.05, 0.1) is 23.1 Å². The Labute approximate surface area is 138 Å². The average Bonchev–Trinajstić information content (AvgIpc) is 2.57. The van der Waals surface area contributed by atoms with Crippen molar-refractivity contribution in [1.82, 2.24) is 4.98 Å². The van der Waals surface area contributed by atoms with Gasteiger partial charge in [0, 0.05) is 17.3 Å². The van der Waals surface area contributed by atoms with Crippen LogP contribution in [-0.2, 0) is 0 Å². The van der Waals surface area contributed by atoms with Crippen molar-refractivity contribution in [2.45, 2.75) is 6.92 Å². The quantitative estimate of drug-likeness (QED) is 0.742. The van der Waals surface area contributed by atoms with Crippen LogP contribution in [0.1, 0.15) is 11.1 Å². The second-order valence-electron chi connectivity index (χ2n) is 5.31. The van der Waals surface area contributed by atoms with E-state index in [1.807, 2.05) is 6.07 Å². The van der Waals surface area contributed by atoms with Gasteiger partial charge in [-0.05, 0) is 30.7 Å². The fourth-order valence-corrected chi connectivity index (χ4v) is 2.43. The number of aryl methyl sites for hydroxylation is 1. The Morgan fingerprint density at radius 1 is 0.958 bits per heavy atom. The number of hydrogen-bond donors (Lipinski definition) is 1. The van der Waals surface area contributed by atoms with Gasteiger partial charge in [-0.1, -0.05) is 24.3 Å². The van der Waals surface area contributed by atoms with E-state index in [9.17, 15) is 14.0 Å². The summed E-state index contributed by atoms with van der Waals surface area (Å²) in [6.45, 7) is 1.79. The van der Waals surface area contributed by atoms with Gasteiger partial charge in [0.15, 0.2) is 0 Å². The summed E-state index contributed by atoms with van der Waals surface area (Å²) < 4.78 is 28.1. The van der Waals surface area contributed by atoms with Crippen LogP contribution >= 0.6 is 0 Å². The van der Waals surface area contributed by atoms with Gasteiger partial charge < -0.3 is 5.32 Å². The molecule has 0 saturated carbocycles. The van der Waals surface area contributed by atoms with E-state index in [0.29, 0.717) is 11.3 Å². The minimum Gasteiger partial charge on any atom is -0.351 e. The molecule has 118 valence electrons. The first-order valence-corrected chi connectivity index (χ1v) is 7.26. The minimum atomic E-state index is -0.450. The topological polar surface area (TPSA) is 48.7 Å². The Hall–Kier alpha value is -3.26. The summed E-state index contributed by atoms with van der Waals surface area (Å²) in [5.74, 6) is -0.885. The van der Waals surface area contributed by atoms with Gasteiger partial charge in [0.1, 0.15) is 17.7 Å². The van der Waals surface area contributed by atoms with Crippen LogP contribution in [0.4, 0.5) is 20.2 Å². The number of aromatic nitrogens is 1. The SMILES string of the molecule is Cc1ccc(Nc2cncc(-c3ccccc3F)c2C#N)c(F)c1. The maximum atomic E-state index is 14.0. The highest BCUT2D eigenvalue weighted by Gasteiger charge is 2.15. The predicted molar refractivity (Wildman–Crippen MR) is 88.8 cm³/mol. The van der Waals surface area contributed by atoms with Crippen molar-refractivity contribution in [3.63, 3.8) is 0 Å². The molecule has 5 heteroatoms. The highest BCUT2D eigenvalue weighted by Crippen LogP contribution is 2.31. The number of nitrogens with zero attached hydrogens (tertiary/aromatic N) is 2. The Morgan fingerprint density at radius 2 is 1.75 bits per heavy atom. The molecule has 1 aromatic heterocycles. The molecule has 1 heterocycles. The summed E-state index contributed by atoms with van der Waals surface area (Å²) in [6.07, 6.45) is 2.84.